The summed E-state index contributed by atoms with van der Waals surface area (Å²) in [6.07, 6.45) is 4.29. The number of hydrogen-bond donors (Lipinski definition) is 2. The van der Waals surface area contributed by atoms with Crippen molar-refractivity contribution in [1.29, 1.82) is 0 Å². The number of nitrogens with one attached hydrogen (secondary N) is 1. The normalized spacial score (nSPS) is 14.5. The summed E-state index contributed by atoms with van der Waals surface area (Å²) in [5.74, 6) is -1.02. The number of anilines is 1. The predicted octanol–water partition coefficient (Wildman–Crippen LogP) is 3.03. The number of ether oxygens (including phenoxy) is 3. The van der Waals surface area contributed by atoms with Gasteiger partial charge in [0.15, 0.2) is 18.1 Å². The molecule has 0 saturated carbocycles. The Hall–Kier alpha value is -2.60. The van der Waals surface area contributed by atoms with Gasteiger partial charge in [-0.3, -0.25) is 9.36 Å². The van der Waals surface area contributed by atoms with Gasteiger partial charge in [-0.25, -0.2) is 24.8 Å². The molecule has 13 nitrogen and oxygen atoms in total. The SMILES string of the molecule is CCCCCOC(=O)C(C)(C)N[P@@](=O)(CO[C@H](C)Cn1cnc2c(N)ncnc21)OCC(=O)OC(C)C. The van der Waals surface area contributed by atoms with Gasteiger partial charge in [-0.2, -0.15) is 0 Å². The summed E-state index contributed by atoms with van der Waals surface area (Å²) in [4.78, 5) is 37.0. The van der Waals surface area contributed by atoms with Crippen LogP contribution in [-0.2, 0) is 39.4 Å². The Morgan fingerprint density at radius 3 is 2.59 bits per heavy atom. The van der Waals surface area contributed by atoms with Gasteiger partial charge in [0.1, 0.15) is 23.7 Å². The molecule has 2 aromatic rings. The fourth-order valence-electron chi connectivity index (χ4n) is 3.31. The molecule has 3 N–H and O–H groups in total. The van der Waals surface area contributed by atoms with Crippen LogP contribution in [-0.4, -0.2) is 68.8 Å². The highest BCUT2D eigenvalue weighted by Gasteiger charge is 2.39. The molecule has 208 valence electrons. The maximum absolute atomic E-state index is 13.7. The molecule has 0 saturated heterocycles. The third-order valence-corrected chi connectivity index (χ3v) is 7.05. The monoisotopic (exact) mass is 542 g/mol. The highest BCUT2D eigenvalue weighted by Crippen LogP contribution is 2.45. The van der Waals surface area contributed by atoms with Gasteiger partial charge < -0.3 is 29.0 Å². The van der Waals surface area contributed by atoms with Gasteiger partial charge >= 0.3 is 11.9 Å². The number of esters is 2. The highest BCUT2D eigenvalue weighted by atomic mass is 31.2. The number of carbonyl (C=O) groups is 2. The third kappa shape index (κ3) is 9.66. The van der Waals surface area contributed by atoms with Gasteiger partial charge in [0.25, 0.3) is 7.52 Å². The number of imidazole rings is 1. The number of nitrogens with two attached hydrogens (primary N) is 1. The summed E-state index contributed by atoms with van der Waals surface area (Å²) in [5, 5.41) is 2.74. The Labute approximate surface area is 217 Å². The molecule has 14 heteroatoms. The lowest BCUT2D eigenvalue weighted by atomic mass is 10.1. The average molecular weight is 543 g/mol. The first-order valence-electron chi connectivity index (χ1n) is 12.3. The van der Waals surface area contributed by atoms with Gasteiger partial charge in [0.05, 0.1) is 31.7 Å². The standard InChI is InChI=1S/C23H39N6O7P/c1-7-8-9-10-33-22(31)23(5,6)28-37(32,35-12-18(30)36-16(2)3)15-34-17(4)11-29-14-27-19-20(24)25-13-26-21(19)29/h13-14,16-17H,7-12,15H2,1-6H3,(H,28,32)(H2,24,25,26)/t17-,37-/m1/s1. The van der Waals surface area contributed by atoms with Crippen LogP contribution in [0.15, 0.2) is 12.7 Å². The van der Waals surface area contributed by atoms with Crippen molar-refractivity contribution in [2.24, 2.45) is 0 Å². The van der Waals surface area contributed by atoms with Crippen molar-refractivity contribution in [1.82, 2.24) is 24.6 Å². The second kappa shape index (κ2) is 13.8. The highest BCUT2D eigenvalue weighted by molar-refractivity contribution is 7.56. The van der Waals surface area contributed by atoms with Crippen LogP contribution in [0.4, 0.5) is 5.82 Å². The molecule has 2 atom stereocenters. The lowest BCUT2D eigenvalue weighted by molar-refractivity contribution is -0.149. The summed E-state index contributed by atoms with van der Waals surface area (Å²) in [6, 6.07) is 0. The molecule has 0 fully saturated rings. The summed E-state index contributed by atoms with van der Waals surface area (Å²) in [6.45, 7) is 10.2. The number of unbranched alkanes of at least 4 members (excludes halogenated alkanes) is 2. The summed E-state index contributed by atoms with van der Waals surface area (Å²) in [5.41, 5.74) is 5.46. The van der Waals surface area contributed by atoms with Crippen molar-refractivity contribution in [3.63, 3.8) is 0 Å². The van der Waals surface area contributed by atoms with Crippen LogP contribution >= 0.6 is 7.52 Å². The zero-order valence-corrected chi connectivity index (χ0v) is 23.3. The molecule has 0 aliphatic rings. The van der Waals surface area contributed by atoms with E-state index >= 15 is 0 Å². The van der Waals surface area contributed by atoms with Gasteiger partial charge in [-0.1, -0.05) is 19.8 Å². The largest absolute Gasteiger partial charge is 0.464 e. The van der Waals surface area contributed by atoms with E-state index in [2.05, 4.69) is 20.0 Å². The molecule has 0 spiro atoms. The maximum Gasteiger partial charge on any atom is 0.332 e. The van der Waals surface area contributed by atoms with E-state index < -0.39 is 44.1 Å². The molecule has 0 radical (unpaired) electrons. The van der Waals surface area contributed by atoms with Crippen molar-refractivity contribution in [2.45, 2.75) is 85.1 Å². The molecule has 0 aromatic carbocycles. The van der Waals surface area contributed by atoms with E-state index in [1.165, 1.54) is 20.2 Å². The first-order chi connectivity index (χ1) is 17.4. The van der Waals surface area contributed by atoms with Gasteiger partial charge in [-0.05, 0) is 41.0 Å². The van der Waals surface area contributed by atoms with E-state index in [0.717, 1.165) is 19.3 Å². The lowest BCUT2D eigenvalue weighted by Gasteiger charge is -2.30. The molecule has 0 amide bonds. The molecular formula is C23H39N6O7P. The fraction of sp³-hybridized carbons (Fsp3) is 0.696. The van der Waals surface area contributed by atoms with Crippen molar-refractivity contribution in [3.8, 4) is 0 Å². The zero-order chi connectivity index (χ0) is 27.6. The molecule has 0 bridgehead atoms. The number of carbonyl (C=O) groups excluding carboxylic acids is 2. The Morgan fingerprint density at radius 1 is 1.19 bits per heavy atom. The zero-order valence-electron chi connectivity index (χ0n) is 22.4. The molecule has 0 aliphatic heterocycles. The van der Waals surface area contributed by atoms with Crippen LogP contribution in [0.5, 0.6) is 0 Å². The van der Waals surface area contributed by atoms with E-state index in [-0.39, 0.29) is 18.5 Å². The van der Waals surface area contributed by atoms with Gasteiger partial charge in [-0.15, -0.1) is 0 Å². The molecule has 2 aromatic heterocycles. The smallest absolute Gasteiger partial charge is 0.332 e. The molecule has 2 rings (SSSR count). The molecular weight excluding hydrogens is 503 g/mol. The average Bonchev–Trinajstić information content (AvgIpc) is 3.22. The Morgan fingerprint density at radius 2 is 1.92 bits per heavy atom. The number of nitrogen functional groups attached to an aromatic ring is 1. The Kier molecular flexibility index (Phi) is 11.4. The summed E-state index contributed by atoms with van der Waals surface area (Å²) < 4.78 is 37.2. The van der Waals surface area contributed by atoms with Gasteiger partial charge in [0.2, 0.25) is 0 Å². The van der Waals surface area contributed by atoms with Crippen LogP contribution in [0.25, 0.3) is 11.2 Å². The number of hydrogen-bond acceptors (Lipinski definition) is 11. The van der Waals surface area contributed by atoms with E-state index in [4.69, 9.17) is 24.5 Å². The number of nitrogens with zero attached hydrogens (tertiary/aromatic N) is 4. The van der Waals surface area contributed by atoms with E-state index in [9.17, 15) is 14.2 Å². The molecule has 37 heavy (non-hydrogen) atoms. The number of fused-ring (bicyclic) bond motifs is 1. The minimum Gasteiger partial charge on any atom is -0.464 e. The lowest BCUT2D eigenvalue weighted by Crippen LogP contribution is -2.47. The molecule has 2 heterocycles. The quantitative estimate of drug-likeness (QED) is 0.181. The second-order valence-corrected chi connectivity index (χ2v) is 11.6. The molecule has 0 aliphatic carbocycles. The van der Waals surface area contributed by atoms with E-state index in [0.29, 0.717) is 17.7 Å². The first kappa shape index (κ1) is 30.6. The fourth-order valence-corrected chi connectivity index (χ4v) is 5.22. The van der Waals surface area contributed by atoms with Crippen LogP contribution < -0.4 is 10.8 Å². The number of rotatable bonds is 16. The van der Waals surface area contributed by atoms with Gasteiger partial charge in [0, 0.05) is 0 Å². The summed E-state index contributed by atoms with van der Waals surface area (Å²) >= 11 is 0. The van der Waals surface area contributed by atoms with Crippen molar-refractivity contribution >= 4 is 36.4 Å². The van der Waals surface area contributed by atoms with Crippen molar-refractivity contribution in [3.05, 3.63) is 12.7 Å². The van der Waals surface area contributed by atoms with Crippen LogP contribution in [0.3, 0.4) is 0 Å². The van der Waals surface area contributed by atoms with Crippen LogP contribution in [0.1, 0.15) is 60.8 Å². The maximum atomic E-state index is 13.7. The number of aromatic nitrogens is 4. The summed E-state index contributed by atoms with van der Waals surface area (Å²) in [7, 11) is -3.88. The minimum absolute atomic E-state index is 0.254. The van der Waals surface area contributed by atoms with E-state index in [1.54, 1.807) is 31.7 Å². The Bertz CT molecular complexity index is 1090. The minimum atomic E-state index is -3.88. The molecule has 0 unspecified atom stereocenters. The second-order valence-electron chi connectivity index (χ2n) is 9.50. The van der Waals surface area contributed by atoms with E-state index in [1.807, 2.05) is 6.92 Å². The third-order valence-electron chi connectivity index (χ3n) is 5.11. The van der Waals surface area contributed by atoms with Crippen LogP contribution in [0, 0.1) is 0 Å². The predicted molar refractivity (Wildman–Crippen MR) is 138 cm³/mol. The Balaban J connectivity index is 2.08. The van der Waals surface area contributed by atoms with Crippen LogP contribution in [0.2, 0.25) is 0 Å². The van der Waals surface area contributed by atoms with Crippen molar-refractivity contribution < 1.29 is 32.9 Å². The first-order valence-corrected chi connectivity index (χ1v) is 14.1. The van der Waals surface area contributed by atoms with Crippen molar-refractivity contribution in [2.75, 3.05) is 25.3 Å². The topological polar surface area (TPSA) is 170 Å².